The van der Waals surface area contributed by atoms with Gasteiger partial charge in [0.25, 0.3) is 0 Å². The molecule has 5 heteroatoms. The highest BCUT2D eigenvalue weighted by Crippen LogP contribution is 2.40. The highest BCUT2D eigenvalue weighted by Gasteiger charge is 2.49. The number of hydrogen-bond donors (Lipinski definition) is 1. The first-order valence-corrected chi connectivity index (χ1v) is 13.0. The third kappa shape index (κ3) is 5.83. The Morgan fingerprint density at radius 2 is 2.00 bits per heavy atom. The van der Waals surface area contributed by atoms with Crippen LogP contribution < -0.4 is 4.74 Å². The molecule has 0 radical (unpaired) electrons. The Morgan fingerprint density at radius 3 is 2.74 bits per heavy atom. The second kappa shape index (κ2) is 12.2. The number of aliphatic hydroxyl groups excluding tert-OH is 1. The standard InChI is InChI=1S/C29H42N2O3/c1-4-24(25-8-7-9-26(18-25)33-3)11-10-22(2)29-27-20-30(19-23-12-16-34-17-13-23)14-5-6-15-31(27)28(29)21-32/h4,7-11,18,23,27-29,32H,2,5-6,12-17,19-21H2,1,3H3/b11-10-,24-4+/t27-,28+,29-/m0/s1. The largest absolute Gasteiger partial charge is 0.497 e. The Balaban J connectivity index is 1.45. The summed E-state index contributed by atoms with van der Waals surface area (Å²) in [5.74, 6) is 1.90. The number of rotatable bonds is 8. The van der Waals surface area contributed by atoms with Crippen LogP contribution in [0.1, 0.15) is 38.2 Å². The molecule has 1 aromatic rings. The topological polar surface area (TPSA) is 45.2 Å². The molecule has 34 heavy (non-hydrogen) atoms. The fourth-order valence-corrected chi connectivity index (χ4v) is 5.99. The molecule has 0 aliphatic carbocycles. The van der Waals surface area contributed by atoms with Crippen molar-refractivity contribution in [3.05, 3.63) is 60.2 Å². The Hall–Kier alpha value is -1.92. The minimum atomic E-state index is 0.177. The van der Waals surface area contributed by atoms with E-state index >= 15 is 0 Å². The third-order valence-electron chi connectivity index (χ3n) is 7.93. The van der Waals surface area contributed by atoms with Crippen molar-refractivity contribution in [3.8, 4) is 5.75 Å². The lowest BCUT2D eigenvalue weighted by Crippen LogP contribution is -2.69. The number of fused-ring (bicyclic) bond motifs is 1. The second-order valence-electron chi connectivity index (χ2n) is 9.99. The van der Waals surface area contributed by atoms with Crippen LogP contribution in [0.5, 0.6) is 5.75 Å². The lowest BCUT2D eigenvalue weighted by molar-refractivity contribution is -0.0844. The van der Waals surface area contributed by atoms with E-state index < -0.39 is 0 Å². The van der Waals surface area contributed by atoms with Crippen molar-refractivity contribution in [2.45, 2.75) is 44.7 Å². The number of benzene rings is 1. The van der Waals surface area contributed by atoms with Gasteiger partial charge in [0.15, 0.2) is 0 Å². The maximum Gasteiger partial charge on any atom is 0.119 e. The van der Waals surface area contributed by atoms with Crippen molar-refractivity contribution in [1.29, 1.82) is 0 Å². The van der Waals surface area contributed by atoms with E-state index in [-0.39, 0.29) is 12.6 Å². The Bertz CT molecular complexity index is 874. The number of aliphatic hydroxyl groups is 1. The molecule has 0 aromatic heterocycles. The quantitative estimate of drug-likeness (QED) is 0.576. The van der Waals surface area contributed by atoms with Crippen LogP contribution in [-0.2, 0) is 4.74 Å². The molecular formula is C29H42N2O3. The molecule has 3 saturated heterocycles. The van der Waals surface area contributed by atoms with Gasteiger partial charge in [-0.25, -0.2) is 0 Å². The summed E-state index contributed by atoms with van der Waals surface area (Å²) in [6.07, 6.45) is 11.3. The third-order valence-corrected chi connectivity index (χ3v) is 7.93. The maximum atomic E-state index is 10.2. The van der Waals surface area contributed by atoms with Crippen molar-refractivity contribution < 1.29 is 14.6 Å². The van der Waals surface area contributed by atoms with Crippen LogP contribution in [0.25, 0.3) is 5.57 Å². The van der Waals surface area contributed by atoms with Gasteiger partial charge in [-0.15, -0.1) is 0 Å². The average Bonchev–Trinajstić information content (AvgIpc) is 2.85. The molecule has 1 aromatic carbocycles. The second-order valence-corrected chi connectivity index (χ2v) is 9.99. The Kier molecular flexibility index (Phi) is 9.01. The zero-order valence-electron chi connectivity index (χ0n) is 21.0. The van der Waals surface area contributed by atoms with Crippen molar-refractivity contribution in [3.63, 3.8) is 0 Å². The molecular weight excluding hydrogens is 424 g/mol. The van der Waals surface area contributed by atoms with Gasteiger partial charge in [-0.3, -0.25) is 4.90 Å². The molecule has 0 amide bonds. The first-order chi connectivity index (χ1) is 16.6. The average molecular weight is 467 g/mol. The van der Waals surface area contributed by atoms with Crippen LogP contribution >= 0.6 is 0 Å². The summed E-state index contributed by atoms with van der Waals surface area (Å²) in [5.41, 5.74) is 3.40. The fraction of sp³-hybridized carbons (Fsp3) is 0.586. The lowest BCUT2D eigenvalue weighted by Gasteiger charge is -2.57. The van der Waals surface area contributed by atoms with Crippen LogP contribution in [0.4, 0.5) is 0 Å². The molecule has 186 valence electrons. The molecule has 3 atom stereocenters. The molecule has 3 heterocycles. The fourth-order valence-electron chi connectivity index (χ4n) is 5.99. The van der Waals surface area contributed by atoms with Gasteiger partial charge in [-0.1, -0.05) is 36.9 Å². The Morgan fingerprint density at radius 1 is 1.21 bits per heavy atom. The van der Waals surface area contributed by atoms with E-state index in [1.165, 1.54) is 38.8 Å². The summed E-state index contributed by atoms with van der Waals surface area (Å²) < 4.78 is 11.0. The van der Waals surface area contributed by atoms with Crippen molar-refractivity contribution in [1.82, 2.24) is 9.80 Å². The van der Waals surface area contributed by atoms with Gasteiger partial charge < -0.3 is 19.5 Å². The monoisotopic (exact) mass is 466 g/mol. The Labute approximate surface area is 205 Å². The molecule has 0 unspecified atom stereocenters. The van der Waals surface area contributed by atoms with E-state index in [1.807, 2.05) is 12.1 Å². The van der Waals surface area contributed by atoms with Gasteiger partial charge in [0.05, 0.1) is 13.7 Å². The highest BCUT2D eigenvalue weighted by molar-refractivity contribution is 5.75. The minimum absolute atomic E-state index is 0.177. The maximum absolute atomic E-state index is 10.2. The van der Waals surface area contributed by atoms with Crippen LogP contribution in [0.3, 0.4) is 0 Å². The van der Waals surface area contributed by atoms with E-state index in [2.05, 4.69) is 53.7 Å². The van der Waals surface area contributed by atoms with Gasteiger partial charge >= 0.3 is 0 Å². The van der Waals surface area contributed by atoms with Gasteiger partial charge in [0.1, 0.15) is 5.75 Å². The van der Waals surface area contributed by atoms with E-state index in [1.54, 1.807) is 7.11 Å². The zero-order chi connectivity index (χ0) is 23.9. The first-order valence-electron chi connectivity index (χ1n) is 13.0. The normalized spacial score (nSPS) is 27.6. The number of nitrogens with zero attached hydrogens (tertiary/aromatic N) is 2. The summed E-state index contributed by atoms with van der Waals surface area (Å²) in [6.45, 7) is 13.1. The molecule has 0 saturated carbocycles. The summed E-state index contributed by atoms with van der Waals surface area (Å²) in [7, 11) is 1.70. The molecule has 4 rings (SSSR count). The SMILES string of the molecule is C=C(/C=C\C(=C/C)c1cccc(OC)c1)[C@@H]1[C@@H](CO)N2CCCCN(CC3CCOCC3)C[C@@H]12. The molecule has 0 bridgehead atoms. The van der Waals surface area contributed by atoms with E-state index in [0.717, 1.165) is 54.7 Å². The van der Waals surface area contributed by atoms with Gasteiger partial charge in [0, 0.05) is 44.3 Å². The summed E-state index contributed by atoms with van der Waals surface area (Å²) in [5, 5.41) is 10.2. The smallest absolute Gasteiger partial charge is 0.119 e. The number of methoxy groups -OCH3 is 1. The number of allylic oxidation sites excluding steroid dienone is 4. The summed E-state index contributed by atoms with van der Waals surface area (Å²) in [4.78, 5) is 5.22. The summed E-state index contributed by atoms with van der Waals surface area (Å²) >= 11 is 0. The van der Waals surface area contributed by atoms with Gasteiger partial charge in [0.2, 0.25) is 0 Å². The predicted octanol–water partition coefficient (Wildman–Crippen LogP) is 4.39. The number of ether oxygens (including phenoxy) is 2. The number of hydrogen-bond acceptors (Lipinski definition) is 5. The van der Waals surface area contributed by atoms with Crippen molar-refractivity contribution in [2.24, 2.45) is 11.8 Å². The van der Waals surface area contributed by atoms with E-state index in [4.69, 9.17) is 9.47 Å². The highest BCUT2D eigenvalue weighted by atomic mass is 16.5. The molecule has 1 N–H and O–H groups in total. The van der Waals surface area contributed by atoms with E-state index in [0.29, 0.717) is 12.0 Å². The predicted molar refractivity (Wildman–Crippen MR) is 139 cm³/mol. The van der Waals surface area contributed by atoms with Crippen LogP contribution in [-0.4, -0.2) is 80.1 Å². The van der Waals surface area contributed by atoms with Crippen LogP contribution in [0, 0.1) is 11.8 Å². The lowest BCUT2D eigenvalue weighted by atomic mass is 9.74. The van der Waals surface area contributed by atoms with Gasteiger partial charge in [-0.05, 0) is 80.5 Å². The minimum Gasteiger partial charge on any atom is -0.497 e. The molecule has 3 aliphatic heterocycles. The molecule has 3 fully saturated rings. The van der Waals surface area contributed by atoms with Crippen LogP contribution in [0.15, 0.2) is 54.6 Å². The molecule has 3 aliphatic rings. The van der Waals surface area contributed by atoms with Crippen LogP contribution in [0.2, 0.25) is 0 Å². The van der Waals surface area contributed by atoms with Gasteiger partial charge in [-0.2, -0.15) is 0 Å². The summed E-state index contributed by atoms with van der Waals surface area (Å²) in [6, 6.07) is 8.77. The van der Waals surface area contributed by atoms with E-state index in [9.17, 15) is 5.11 Å². The molecule has 0 spiro atoms. The first kappa shape index (κ1) is 25.2. The van der Waals surface area contributed by atoms with Crippen molar-refractivity contribution >= 4 is 5.57 Å². The zero-order valence-corrected chi connectivity index (χ0v) is 21.0. The molecule has 5 nitrogen and oxygen atoms in total. The van der Waals surface area contributed by atoms with Crippen molar-refractivity contribution in [2.75, 3.05) is 53.1 Å².